The average molecular weight is 384 g/mol. The number of rotatable bonds is 3. The molecule has 0 N–H and O–H groups in total. The Bertz CT molecular complexity index is 820. The first kappa shape index (κ1) is 19.3. The first-order valence-corrected chi connectivity index (χ1v) is 9.56. The second-order valence-electron chi connectivity index (χ2n) is 6.90. The number of thiol groups is 1. The van der Waals surface area contributed by atoms with Crippen LogP contribution in [0.25, 0.3) is 0 Å². The van der Waals surface area contributed by atoms with Gasteiger partial charge in [-0.05, 0) is 42.8 Å². The minimum absolute atomic E-state index is 0.0178. The molecule has 1 aliphatic rings. The lowest BCUT2D eigenvalue weighted by molar-refractivity contribution is 0.0717. The molecule has 0 saturated carbocycles. The maximum absolute atomic E-state index is 12.8. The number of hydrogen-bond acceptors (Lipinski definition) is 4. The Morgan fingerprint density at radius 2 is 1.44 bits per heavy atom. The number of benzene rings is 2. The molecule has 1 heterocycles. The van der Waals surface area contributed by atoms with Crippen molar-refractivity contribution < 1.29 is 9.59 Å². The number of carbonyl (C=O) groups is 2. The number of anilines is 1. The van der Waals surface area contributed by atoms with Crippen LogP contribution in [-0.4, -0.2) is 61.9 Å². The fraction of sp³-hybridized carbons (Fsp3) is 0.333. The van der Waals surface area contributed by atoms with Gasteiger partial charge in [-0.3, -0.25) is 9.59 Å². The topological polar surface area (TPSA) is 43.9 Å². The van der Waals surface area contributed by atoms with E-state index >= 15 is 0 Å². The molecule has 6 heteroatoms. The van der Waals surface area contributed by atoms with Crippen LogP contribution in [0.15, 0.2) is 53.4 Å². The molecule has 1 saturated heterocycles. The predicted octanol–water partition coefficient (Wildman–Crippen LogP) is 3.03. The minimum Gasteiger partial charge on any atom is -0.378 e. The van der Waals surface area contributed by atoms with E-state index in [2.05, 4.69) is 12.6 Å². The third-order valence-electron chi connectivity index (χ3n) is 4.84. The summed E-state index contributed by atoms with van der Waals surface area (Å²) in [4.78, 5) is 32.0. The Labute approximate surface area is 166 Å². The van der Waals surface area contributed by atoms with Crippen molar-refractivity contribution in [2.75, 3.05) is 45.2 Å². The Hall–Kier alpha value is -2.47. The van der Waals surface area contributed by atoms with E-state index in [-0.39, 0.29) is 11.8 Å². The van der Waals surface area contributed by atoms with Gasteiger partial charge in [0, 0.05) is 56.4 Å². The molecule has 2 aromatic rings. The third-order valence-corrected chi connectivity index (χ3v) is 5.23. The maximum Gasteiger partial charge on any atom is 0.255 e. The van der Waals surface area contributed by atoms with Gasteiger partial charge in [0.15, 0.2) is 0 Å². The first-order chi connectivity index (χ1) is 13.0. The van der Waals surface area contributed by atoms with Gasteiger partial charge in [-0.1, -0.05) is 12.1 Å². The zero-order chi connectivity index (χ0) is 19.4. The summed E-state index contributed by atoms with van der Waals surface area (Å²) in [6.07, 6.45) is 0.766. The van der Waals surface area contributed by atoms with Gasteiger partial charge < -0.3 is 14.7 Å². The molecule has 0 unspecified atom stereocenters. The molecule has 2 aromatic carbocycles. The van der Waals surface area contributed by atoms with Gasteiger partial charge >= 0.3 is 0 Å². The normalized spacial score (nSPS) is 14.6. The van der Waals surface area contributed by atoms with Crippen LogP contribution >= 0.6 is 12.6 Å². The monoisotopic (exact) mass is 383 g/mol. The summed E-state index contributed by atoms with van der Waals surface area (Å²) in [5, 5.41) is 0. The zero-order valence-electron chi connectivity index (χ0n) is 15.8. The van der Waals surface area contributed by atoms with Crippen molar-refractivity contribution in [3.05, 3.63) is 59.7 Å². The molecule has 0 aliphatic carbocycles. The Balaban J connectivity index is 1.66. The molecular weight excluding hydrogens is 358 g/mol. The van der Waals surface area contributed by atoms with E-state index in [1.807, 2.05) is 71.3 Å². The van der Waals surface area contributed by atoms with E-state index in [4.69, 9.17) is 0 Å². The average Bonchev–Trinajstić information content (AvgIpc) is 2.93. The molecule has 0 atom stereocenters. The van der Waals surface area contributed by atoms with E-state index in [0.717, 1.165) is 12.1 Å². The smallest absolute Gasteiger partial charge is 0.255 e. The molecule has 1 fully saturated rings. The van der Waals surface area contributed by atoms with Crippen LogP contribution in [0.1, 0.15) is 27.1 Å². The Kier molecular flexibility index (Phi) is 6.06. The molecule has 0 radical (unpaired) electrons. The lowest BCUT2D eigenvalue weighted by Gasteiger charge is -2.23. The molecule has 142 valence electrons. The largest absolute Gasteiger partial charge is 0.378 e. The summed E-state index contributed by atoms with van der Waals surface area (Å²) in [7, 11) is 3.94. The van der Waals surface area contributed by atoms with Gasteiger partial charge in [-0.2, -0.15) is 0 Å². The van der Waals surface area contributed by atoms with Crippen LogP contribution in [0.2, 0.25) is 0 Å². The van der Waals surface area contributed by atoms with E-state index < -0.39 is 0 Å². The van der Waals surface area contributed by atoms with E-state index in [0.29, 0.717) is 42.2 Å². The summed E-state index contributed by atoms with van der Waals surface area (Å²) < 4.78 is 0. The van der Waals surface area contributed by atoms with Crippen molar-refractivity contribution in [2.24, 2.45) is 0 Å². The molecular formula is C21H25N3O2S. The van der Waals surface area contributed by atoms with Gasteiger partial charge in [0.25, 0.3) is 11.8 Å². The molecule has 2 amide bonds. The predicted molar refractivity (Wildman–Crippen MR) is 111 cm³/mol. The molecule has 0 aromatic heterocycles. The molecule has 0 bridgehead atoms. The number of hydrogen-bond donors (Lipinski definition) is 1. The van der Waals surface area contributed by atoms with Crippen molar-refractivity contribution in [1.29, 1.82) is 0 Å². The minimum atomic E-state index is -0.0229. The van der Waals surface area contributed by atoms with Crippen LogP contribution in [0.5, 0.6) is 0 Å². The molecule has 1 aliphatic heterocycles. The van der Waals surface area contributed by atoms with Gasteiger partial charge in [0.1, 0.15) is 0 Å². The summed E-state index contributed by atoms with van der Waals surface area (Å²) in [6, 6.07) is 15.0. The maximum atomic E-state index is 12.8. The summed E-state index contributed by atoms with van der Waals surface area (Å²) >= 11 is 4.39. The van der Waals surface area contributed by atoms with Gasteiger partial charge in [0.05, 0.1) is 5.56 Å². The van der Waals surface area contributed by atoms with Gasteiger partial charge in [-0.25, -0.2) is 0 Å². The summed E-state index contributed by atoms with van der Waals surface area (Å²) in [5.74, 6) is -0.00515. The zero-order valence-corrected chi connectivity index (χ0v) is 16.7. The number of amides is 2. The van der Waals surface area contributed by atoms with E-state index in [1.165, 1.54) is 0 Å². The van der Waals surface area contributed by atoms with Crippen LogP contribution in [0.3, 0.4) is 0 Å². The van der Waals surface area contributed by atoms with Crippen molar-refractivity contribution in [3.63, 3.8) is 0 Å². The SMILES string of the molecule is CN(C)c1ccc(C(=O)N2CCCN(C(=O)c3ccccc3S)CC2)cc1. The van der Waals surface area contributed by atoms with E-state index in [1.54, 1.807) is 6.07 Å². The van der Waals surface area contributed by atoms with Crippen LogP contribution in [0.4, 0.5) is 5.69 Å². The Morgan fingerprint density at radius 3 is 2.04 bits per heavy atom. The van der Waals surface area contributed by atoms with Gasteiger partial charge in [0.2, 0.25) is 0 Å². The highest BCUT2D eigenvalue weighted by atomic mass is 32.1. The lowest BCUT2D eigenvalue weighted by Crippen LogP contribution is -2.37. The van der Waals surface area contributed by atoms with E-state index in [9.17, 15) is 9.59 Å². The molecule has 3 rings (SSSR count). The van der Waals surface area contributed by atoms with Crippen molar-refractivity contribution in [1.82, 2.24) is 9.80 Å². The fourth-order valence-electron chi connectivity index (χ4n) is 3.23. The fourth-order valence-corrected chi connectivity index (χ4v) is 3.49. The summed E-state index contributed by atoms with van der Waals surface area (Å²) in [6.45, 7) is 2.36. The molecule has 27 heavy (non-hydrogen) atoms. The highest BCUT2D eigenvalue weighted by Gasteiger charge is 2.24. The standard InChI is InChI=1S/C21H25N3O2S/c1-22(2)17-10-8-16(9-11-17)20(25)23-12-5-13-24(15-14-23)21(26)18-6-3-4-7-19(18)27/h3-4,6-11,27H,5,12-15H2,1-2H3. The lowest BCUT2D eigenvalue weighted by atomic mass is 10.1. The van der Waals surface area contributed by atoms with Crippen LogP contribution in [0, 0.1) is 0 Å². The second kappa shape index (κ2) is 8.48. The van der Waals surface area contributed by atoms with Crippen LogP contribution in [-0.2, 0) is 0 Å². The highest BCUT2D eigenvalue weighted by Crippen LogP contribution is 2.18. The van der Waals surface area contributed by atoms with Crippen molar-refractivity contribution in [2.45, 2.75) is 11.3 Å². The summed E-state index contributed by atoms with van der Waals surface area (Å²) in [5.41, 5.74) is 2.35. The Morgan fingerprint density at radius 1 is 0.852 bits per heavy atom. The molecule has 5 nitrogen and oxygen atoms in total. The quantitative estimate of drug-likeness (QED) is 0.829. The van der Waals surface area contributed by atoms with Crippen molar-refractivity contribution >= 4 is 30.1 Å². The van der Waals surface area contributed by atoms with Gasteiger partial charge in [-0.15, -0.1) is 12.6 Å². The number of carbonyl (C=O) groups excluding carboxylic acids is 2. The first-order valence-electron chi connectivity index (χ1n) is 9.11. The van der Waals surface area contributed by atoms with Crippen LogP contribution < -0.4 is 4.90 Å². The third kappa shape index (κ3) is 4.45. The second-order valence-corrected chi connectivity index (χ2v) is 7.38. The highest BCUT2D eigenvalue weighted by molar-refractivity contribution is 7.80. The van der Waals surface area contributed by atoms with Crippen molar-refractivity contribution in [3.8, 4) is 0 Å². The molecule has 0 spiro atoms. The number of nitrogens with zero attached hydrogens (tertiary/aromatic N) is 3.